The topological polar surface area (TPSA) is 130 Å². The van der Waals surface area contributed by atoms with Crippen LogP contribution in [0.5, 0.6) is 0 Å². The lowest BCUT2D eigenvalue weighted by molar-refractivity contribution is 0.140. The summed E-state index contributed by atoms with van der Waals surface area (Å²) in [6.07, 6.45) is 0. The van der Waals surface area contributed by atoms with Crippen LogP contribution in [-0.4, -0.2) is 66.4 Å². The molecule has 0 amide bonds. The van der Waals surface area contributed by atoms with E-state index < -0.39 is 0 Å². The maximum Gasteiger partial charge on any atom is 0.248 e. The molecule has 0 spiro atoms. The fourth-order valence-corrected chi connectivity index (χ4v) is 4.02. The van der Waals surface area contributed by atoms with Crippen molar-refractivity contribution in [2.45, 2.75) is 6.92 Å². The van der Waals surface area contributed by atoms with Gasteiger partial charge in [0.1, 0.15) is 5.84 Å². The summed E-state index contributed by atoms with van der Waals surface area (Å²) in [5, 5.41) is 0.182. The fourth-order valence-electron chi connectivity index (χ4n) is 3.71. The minimum Gasteiger partial charge on any atom is -0.397 e. The molecule has 0 saturated carbocycles. The van der Waals surface area contributed by atoms with Crippen molar-refractivity contribution in [2.75, 3.05) is 45.8 Å². The number of aliphatic imine (C=N–C) groups is 1. The quantitative estimate of drug-likeness (QED) is 0.264. The molecule has 176 valence electrons. The van der Waals surface area contributed by atoms with Gasteiger partial charge in [-0.05, 0) is 18.2 Å². The molecule has 8 nitrogen and oxygen atoms in total. The molecule has 0 atom stereocenters. The lowest BCUT2D eigenvalue weighted by Crippen LogP contribution is -2.46. The Morgan fingerprint density at radius 1 is 0.970 bits per heavy atom. The third-order valence-corrected chi connectivity index (χ3v) is 6.13. The fraction of sp³-hybridized carbons (Fsp3) is 0.333. The number of nitrogens with one attached hydrogen (secondary N) is 1. The number of halogens is 1. The van der Waals surface area contributed by atoms with Gasteiger partial charge in [-0.25, -0.2) is 0 Å². The Hall–Kier alpha value is -3.07. The summed E-state index contributed by atoms with van der Waals surface area (Å²) >= 11 is 6.72. The highest BCUT2D eigenvalue weighted by Gasteiger charge is 2.19. The second-order valence-electron chi connectivity index (χ2n) is 7.85. The van der Waals surface area contributed by atoms with Crippen molar-refractivity contribution >= 4 is 28.8 Å². The Balaban J connectivity index is 1.91. The summed E-state index contributed by atoms with van der Waals surface area (Å²) in [7, 11) is 0. The number of hydrogen-bond acceptors (Lipinski definition) is 6. The average Bonchev–Trinajstić information content (AvgIpc) is 2.84. The molecule has 1 aliphatic heterocycles. The highest BCUT2D eigenvalue weighted by atomic mass is 35.5. The molecule has 0 bridgehead atoms. The van der Waals surface area contributed by atoms with Crippen molar-refractivity contribution in [2.24, 2.45) is 22.2 Å². The van der Waals surface area contributed by atoms with Gasteiger partial charge in [0.15, 0.2) is 0 Å². The monoisotopic (exact) mass is 469 g/mol. The molecule has 1 aliphatic rings. The zero-order valence-corrected chi connectivity index (χ0v) is 19.7. The molecule has 0 unspecified atom stereocenters. The number of nitrogens with two attached hydrogens (primary N) is 3. The van der Waals surface area contributed by atoms with Crippen LogP contribution in [0.3, 0.4) is 0 Å². The summed E-state index contributed by atoms with van der Waals surface area (Å²) in [6.45, 7) is 8.63. The number of benzene rings is 1. The Morgan fingerprint density at radius 3 is 2.27 bits per heavy atom. The van der Waals surface area contributed by atoms with Gasteiger partial charge in [-0.3, -0.25) is 14.7 Å². The van der Waals surface area contributed by atoms with Gasteiger partial charge in [0.05, 0.1) is 34.2 Å². The number of pyridine rings is 1. The first kappa shape index (κ1) is 24.6. The number of piperazine rings is 1. The van der Waals surface area contributed by atoms with Gasteiger partial charge in [0.25, 0.3) is 0 Å². The van der Waals surface area contributed by atoms with Crippen LogP contribution in [0.1, 0.15) is 18.2 Å². The van der Waals surface area contributed by atoms with Crippen LogP contribution in [0.4, 0.5) is 0 Å². The molecule has 7 N–H and O–H groups in total. The van der Waals surface area contributed by atoms with Gasteiger partial charge >= 0.3 is 0 Å². The Bertz CT molecular complexity index is 1080. The smallest absolute Gasteiger partial charge is 0.248 e. The first-order valence-corrected chi connectivity index (χ1v) is 11.4. The van der Waals surface area contributed by atoms with E-state index in [0.717, 1.165) is 44.8 Å². The summed E-state index contributed by atoms with van der Waals surface area (Å²) in [4.78, 5) is 23.9. The largest absolute Gasteiger partial charge is 0.397 e. The Labute approximate surface area is 199 Å². The second-order valence-corrected chi connectivity index (χ2v) is 8.23. The molecule has 1 fully saturated rings. The number of aromatic amines is 1. The van der Waals surface area contributed by atoms with Crippen LogP contribution in [0, 0.1) is 0 Å². The van der Waals surface area contributed by atoms with E-state index >= 15 is 0 Å². The molecule has 1 aromatic heterocycles. The van der Waals surface area contributed by atoms with Crippen LogP contribution < -0.4 is 22.8 Å². The van der Waals surface area contributed by atoms with E-state index in [2.05, 4.69) is 26.7 Å². The van der Waals surface area contributed by atoms with E-state index in [4.69, 9.17) is 28.8 Å². The standard InChI is InChI=1S/C24H32ClN7O/c1-2-31-13-15-32(16-14-31)12-11-29-24(28)20(23(27)18-9-6-10-19(33)30-18)21(25)22(26)17-7-4-3-5-8-17/h3-10H,2,11-16,26-27H2,1H3,(H2,28,29)(H,30,33)/b22-21+,23-20?. The van der Waals surface area contributed by atoms with E-state index in [1.54, 1.807) is 12.1 Å². The number of aromatic nitrogens is 1. The molecular weight excluding hydrogens is 438 g/mol. The van der Waals surface area contributed by atoms with Crippen LogP contribution in [-0.2, 0) is 0 Å². The predicted octanol–water partition coefficient (Wildman–Crippen LogP) is 1.61. The average molecular weight is 470 g/mol. The van der Waals surface area contributed by atoms with Crippen LogP contribution in [0.2, 0.25) is 0 Å². The molecule has 3 rings (SSSR count). The molecule has 0 aliphatic carbocycles. The summed E-state index contributed by atoms with van der Waals surface area (Å²) < 4.78 is 0. The van der Waals surface area contributed by atoms with Gasteiger partial charge in [-0.1, -0.05) is 54.9 Å². The van der Waals surface area contributed by atoms with Gasteiger partial charge in [-0.2, -0.15) is 0 Å². The number of amidine groups is 1. The van der Waals surface area contributed by atoms with Crippen molar-refractivity contribution in [3.63, 3.8) is 0 Å². The summed E-state index contributed by atoms with van der Waals surface area (Å²) in [5.74, 6) is 0.174. The molecule has 9 heteroatoms. The molecule has 1 aromatic carbocycles. The minimum absolute atomic E-state index is 0.174. The minimum atomic E-state index is -0.285. The van der Waals surface area contributed by atoms with Crippen molar-refractivity contribution in [3.05, 3.63) is 80.7 Å². The number of rotatable bonds is 8. The SMILES string of the molecule is CCN1CCN(CCN=C(N)C(=C(N)c2cccc(=O)[nH]2)/C(Cl)=C(\N)c2ccccc2)CC1. The third kappa shape index (κ3) is 6.47. The lowest BCUT2D eigenvalue weighted by Gasteiger charge is -2.33. The zero-order chi connectivity index (χ0) is 23.8. The maximum atomic E-state index is 11.8. The van der Waals surface area contributed by atoms with Crippen molar-refractivity contribution in [1.29, 1.82) is 0 Å². The molecule has 33 heavy (non-hydrogen) atoms. The number of likely N-dealkylation sites (N-methyl/N-ethyl adjacent to an activating group) is 1. The molecule has 0 radical (unpaired) electrons. The summed E-state index contributed by atoms with van der Waals surface area (Å²) in [5.41, 5.74) is 20.8. The van der Waals surface area contributed by atoms with E-state index in [1.165, 1.54) is 6.07 Å². The number of hydrogen-bond donors (Lipinski definition) is 4. The summed E-state index contributed by atoms with van der Waals surface area (Å²) in [6, 6.07) is 14.0. The third-order valence-electron chi connectivity index (χ3n) is 5.74. The normalized spacial score (nSPS) is 17.5. The molecule has 2 heterocycles. The zero-order valence-electron chi connectivity index (χ0n) is 18.9. The highest BCUT2D eigenvalue weighted by molar-refractivity contribution is 6.39. The molecule has 2 aromatic rings. The van der Waals surface area contributed by atoms with Gasteiger partial charge in [-0.15, -0.1) is 0 Å². The van der Waals surface area contributed by atoms with Crippen molar-refractivity contribution in [1.82, 2.24) is 14.8 Å². The van der Waals surface area contributed by atoms with E-state index in [9.17, 15) is 4.79 Å². The van der Waals surface area contributed by atoms with E-state index in [-0.39, 0.29) is 22.1 Å². The Kier molecular flexibility index (Phi) is 8.71. The first-order chi connectivity index (χ1) is 15.9. The van der Waals surface area contributed by atoms with Gasteiger partial charge in [0.2, 0.25) is 5.56 Å². The lowest BCUT2D eigenvalue weighted by atomic mass is 10.0. The van der Waals surface area contributed by atoms with Gasteiger partial charge in [0, 0.05) is 38.8 Å². The highest BCUT2D eigenvalue weighted by Crippen LogP contribution is 2.27. The number of nitrogens with zero attached hydrogens (tertiary/aromatic N) is 3. The molecule has 1 saturated heterocycles. The van der Waals surface area contributed by atoms with Crippen LogP contribution in [0.15, 0.2) is 68.9 Å². The van der Waals surface area contributed by atoms with Crippen molar-refractivity contribution < 1.29 is 0 Å². The van der Waals surface area contributed by atoms with Gasteiger partial charge < -0.3 is 27.1 Å². The predicted molar refractivity (Wildman–Crippen MR) is 137 cm³/mol. The second kappa shape index (κ2) is 11.7. The Morgan fingerprint density at radius 2 is 1.64 bits per heavy atom. The first-order valence-electron chi connectivity index (χ1n) is 11.1. The van der Waals surface area contributed by atoms with Crippen LogP contribution in [0.25, 0.3) is 11.4 Å². The van der Waals surface area contributed by atoms with Crippen LogP contribution >= 0.6 is 11.6 Å². The van der Waals surface area contributed by atoms with Crippen molar-refractivity contribution in [3.8, 4) is 0 Å². The molecular formula is C24H32ClN7O. The number of H-pyrrole nitrogens is 1. The van der Waals surface area contributed by atoms with E-state index in [1.807, 2.05) is 30.3 Å². The maximum absolute atomic E-state index is 11.8. The van der Waals surface area contributed by atoms with E-state index in [0.29, 0.717) is 23.5 Å².